The Morgan fingerprint density at radius 2 is 1.44 bits per heavy atom. The van der Waals surface area contributed by atoms with Crippen LogP contribution in [0.15, 0.2) is 24.3 Å². The van der Waals surface area contributed by atoms with E-state index in [1.165, 1.54) is 77.0 Å². The van der Waals surface area contributed by atoms with Crippen molar-refractivity contribution in [3.8, 4) is 5.75 Å². The molecule has 1 aromatic carbocycles. The van der Waals surface area contributed by atoms with E-state index in [0.717, 1.165) is 30.6 Å². The summed E-state index contributed by atoms with van der Waals surface area (Å²) in [5.74, 6) is 1.73. The van der Waals surface area contributed by atoms with Gasteiger partial charge in [0.2, 0.25) is 0 Å². The summed E-state index contributed by atoms with van der Waals surface area (Å²) in [6.07, 6.45) is 17.9. The molecular weight excluding hydrogens is 336 g/mol. The fourth-order valence-electron chi connectivity index (χ4n) is 4.28. The van der Waals surface area contributed by atoms with Gasteiger partial charge in [-0.3, -0.25) is 0 Å². The molecule has 0 heterocycles. The number of hydrogen-bond donors (Lipinski definition) is 1. The minimum absolute atomic E-state index is 0.306. The SMILES string of the molecule is CCCCCCCCC1CCC(CCCOc2ccc(C(=O)O)cc2)CC1. The van der Waals surface area contributed by atoms with Crippen molar-refractivity contribution in [3.05, 3.63) is 29.8 Å². The maximum absolute atomic E-state index is 10.8. The number of carbonyl (C=O) groups is 1. The predicted molar refractivity (Wildman–Crippen MR) is 112 cm³/mol. The highest BCUT2D eigenvalue weighted by molar-refractivity contribution is 5.87. The van der Waals surface area contributed by atoms with Gasteiger partial charge in [0.15, 0.2) is 0 Å². The first-order chi connectivity index (χ1) is 13.2. The monoisotopic (exact) mass is 374 g/mol. The molecule has 3 heteroatoms. The summed E-state index contributed by atoms with van der Waals surface area (Å²) in [5.41, 5.74) is 0.306. The van der Waals surface area contributed by atoms with Crippen molar-refractivity contribution in [1.29, 1.82) is 0 Å². The molecule has 152 valence electrons. The van der Waals surface area contributed by atoms with E-state index in [0.29, 0.717) is 5.56 Å². The summed E-state index contributed by atoms with van der Waals surface area (Å²) >= 11 is 0. The van der Waals surface area contributed by atoms with Gasteiger partial charge in [-0.15, -0.1) is 0 Å². The summed E-state index contributed by atoms with van der Waals surface area (Å²) in [6, 6.07) is 6.69. The number of unbranched alkanes of at least 4 members (excludes halogenated alkanes) is 5. The summed E-state index contributed by atoms with van der Waals surface area (Å²) < 4.78 is 5.75. The van der Waals surface area contributed by atoms with Crippen LogP contribution in [0.2, 0.25) is 0 Å². The van der Waals surface area contributed by atoms with Crippen molar-refractivity contribution >= 4 is 5.97 Å². The first-order valence-corrected chi connectivity index (χ1v) is 11.1. The third-order valence-electron chi connectivity index (χ3n) is 6.06. The number of rotatable bonds is 13. The number of ether oxygens (including phenoxy) is 1. The van der Waals surface area contributed by atoms with Crippen LogP contribution >= 0.6 is 0 Å². The van der Waals surface area contributed by atoms with E-state index in [-0.39, 0.29) is 0 Å². The second kappa shape index (κ2) is 12.8. The second-order valence-electron chi connectivity index (χ2n) is 8.26. The Balaban J connectivity index is 1.49. The average Bonchev–Trinajstić information content (AvgIpc) is 2.69. The van der Waals surface area contributed by atoms with Gasteiger partial charge in [0.05, 0.1) is 12.2 Å². The molecule has 0 radical (unpaired) electrons. The molecule has 27 heavy (non-hydrogen) atoms. The molecule has 0 amide bonds. The van der Waals surface area contributed by atoms with Crippen LogP contribution in [0.4, 0.5) is 0 Å². The van der Waals surface area contributed by atoms with Gasteiger partial charge < -0.3 is 9.84 Å². The Kier molecular flexibility index (Phi) is 10.3. The van der Waals surface area contributed by atoms with E-state index in [1.54, 1.807) is 24.3 Å². The predicted octanol–water partition coefficient (Wildman–Crippen LogP) is 7.10. The number of benzene rings is 1. The lowest BCUT2D eigenvalue weighted by Gasteiger charge is -2.28. The summed E-state index contributed by atoms with van der Waals surface area (Å²) in [7, 11) is 0. The van der Waals surface area contributed by atoms with E-state index >= 15 is 0 Å². The van der Waals surface area contributed by atoms with E-state index in [2.05, 4.69) is 6.92 Å². The Labute approximate surface area is 165 Å². The third-order valence-corrected chi connectivity index (χ3v) is 6.06. The van der Waals surface area contributed by atoms with Gasteiger partial charge in [-0.2, -0.15) is 0 Å². The van der Waals surface area contributed by atoms with Crippen LogP contribution in [0.3, 0.4) is 0 Å². The van der Waals surface area contributed by atoms with Crippen LogP contribution in [0.25, 0.3) is 0 Å². The molecule has 1 aliphatic carbocycles. The Bertz CT molecular complexity index is 515. The molecule has 0 atom stereocenters. The van der Waals surface area contributed by atoms with Gasteiger partial charge in [-0.1, -0.05) is 77.6 Å². The Morgan fingerprint density at radius 3 is 2.04 bits per heavy atom. The minimum atomic E-state index is -0.895. The quantitative estimate of drug-likeness (QED) is 0.374. The lowest BCUT2D eigenvalue weighted by atomic mass is 9.78. The summed E-state index contributed by atoms with van der Waals surface area (Å²) in [6.45, 7) is 3.01. The fourth-order valence-corrected chi connectivity index (χ4v) is 4.28. The van der Waals surface area contributed by atoms with Crippen molar-refractivity contribution in [1.82, 2.24) is 0 Å². The van der Waals surface area contributed by atoms with Gasteiger partial charge in [0.1, 0.15) is 5.75 Å². The van der Waals surface area contributed by atoms with Gasteiger partial charge >= 0.3 is 5.97 Å². The number of carboxylic acid groups (broad SMARTS) is 1. The number of hydrogen-bond acceptors (Lipinski definition) is 2. The lowest BCUT2D eigenvalue weighted by Crippen LogP contribution is -2.15. The van der Waals surface area contributed by atoms with Crippen molar-refractivity contribution < 1.29 is 14.6 Å². The zero-order valence-electron chi connectivity index (χ0n) is 17.1. The molecule has 1 aromatic rings. The zero-order chi connectivity index (χ0) is 19.3. The van der Waals surface area contributed by atoms with Crippen molar-refractivity contribution in [3.63, 3.8) is 0 Å². The molecule has 0 aromatic heterocycles. The lowest BCUT2D eigenvalue weighted by molar-refractivity contribution is 0.0697. The van der Waals surface area contributed by atoms with Crippen LogP contribution in [-0.4, -0.2) is 17.7 Å². The highest BCUT2D eigenvalue weighted by atomic mass is 16.5. The Hall–Kier alpha value is -1.51. The largest absolute Gasteiger partial charge is 0.494 e. The highest BCUT2D eigenvalue weighted by Crippen LogP contribution is 2.34. The zero-order valence-corrected chi connectivity index (χ0v) is 17.1. The molecule has 1 saturated carbocycles. The molecule has 1 fully saturated rings. The van der Waals surface area contributed by atoms with Crippen LogP contribution in [-0.2, 0) is 0 Å². The van der Waals surface area contributed by atoms with E-state index in [1.807, 2.05) is 0 Å². The third kappa shape index (κ3) is 8.81. The molecule has 3 nitrogen and oxygen atoms in total. The van der Waals surface area contributed by atoms with Crippen molar-refractivity contribution in [2.45, 2.75) is 90.4 Å². The van der Waals surface area contributed by atoms with Gasteiger partial charge in [-0.05, 0) is 48.9 Å². The molecule has 1 aliphatic rings. The molecular formula is C24H38O3. The Morgan fingerprint density at radius 1 is 0.889 bits per heavy atom. The van der Waals surface area contributed by atoms with Crippen molar-refractivity contribution in [2.75, 3.05) is 6.61 Å². The van der Waals surface area contributed by atoms with Gasteiger partial charge in [-0.25, -0.2) is 4.79 Å². The van der Waals surface area contributed by atoms with Crippen LogP contribution < -0.4 is 4.74 Å². The summed E-state index contributed by atoms with van der Waals surface area (Å²) in [4.78, 5) is 10.8. The minimum Gasteiger partial charge on any atom is -0.494 e. The van der Waals surface area contributed by atoms with E-state index in [4.69, 9.17) is 9.84 Å². The normalized spacial score (nSPS) is 19.7. The maximum Gasteiger partial charge on any atom is 0.335 e. The molecule has 0 aliphatic heterocycles. The number of carboxylic acids is 1. The second-order valence-corrected chi connectivity index (χ2v) is 8.26. The van der Waals surface area contributed by atoms with E-state index in [9.17, 15) is 4.79 Å². The average molecular weight is 375 g/mol. The first kappa shape index (κ1) is 21.8. The molecule has 1 N–H and O–H groups in total. The van der Waals surface area contributed by atoms with Crippen LogP contribution in [0, 0.1) is 11.8 Å². The highest BCUT2D eigenvalue weighted by Gasteiger charge is 2.20. The smallest absolute Gasteiger partial charge is 0.335 e. The molecule has 0 unspecified atom stereocenters. The summed E-state index contributed by atoms with van der Waals surface area (Å²) in [5, 5.41) is 8.90. The van der Waals surface area contributed by atoms with Crippen LogP contribution in [0.5, 0.6) is 5.75 Å². The molecule has 0 spiro atoms. The van der Waals surface area contributed by atoms with E-state index < -0.39 is 5.97 Å². The topological polar surface area (TPSA) is 46.5 Å². The van der Waals surface area contributed by atoms with Crippen molar-refractivity contribution in [2.24, 2.45) is 11.8 Å². The molecule has 2 rings (SSSR count). The van der Waals surface area contributed by atoms with Gasteiger partial charge in [0, 0.05) is 0 Å². The first-order valence-electron chi connectivity index (χ1n) is 11.1. The standard InChI is InChI=1S/C24H38O3/c1-2-3-4-5-6-7-9-20-11-13-21(14-12-20)10-8-19-27-23-17-15-22(16-18-23)24(25)26/h15-18,20-21H,2-14,19H2,1H3,(H,25,26). The van der Waals surface area contributed by atoms with Gasteiger partial charge in [0.25, 0.3) is 0 Å². The molecule has 0 saturated heterocycles. The maximum atomic E-state index is 10.8. The molecule has 0 bridgehead atoms. The number of aromatic carboxylic acids is 1. The fraction of sp³-hybridized carbons (Fsp3) is 0.708. The van der Waals surface area contributed by atoms with Crippen LogP contribution in [0.1, 0.15) is 101 Å².